The highest BCUT2D eigenvalue weighted by Gasteiger charge is 2.29. The lowest BCUT2D eigenvalue weighted by molar-refractivity contribution is -0.145. The van der Waals surface area contributed by atoms with Crippen LogP contribution in [0.5, 0.6) is 0 Å². The fraction of sp³-hybridized carbons (Fsp3) is 0.269. The SMILES string of the molecule is CCOC(=O)CC(c1cc(F)cc(Br)c1)N(Cc1ccccc1)[C@H](C)c1ccccc1. The minimum absolute atomic E-state index is 0.0112. The quantitative estimate of drug-likeness (QED) is 0.311. The molecule has 0 fully saturated rings. The van der Waals surface area contributed by atoms with Gasteiger partial charge in [0.15, 0.2) is 0 Å². The molecule has 31 heavy (non-hydrogen) atoms. The smallest absolute Gasteiger partial charge is 0.307 e. The Morgan fingerprint density at radius 1 is 1.00 bits per heavy atom. The van der Waals surface area contributed by atoms with Crippen LogP contribution in [0.3, 0.4) is 0 Å². The van der Waals surface area contributed by atoms with Crippen LogP contribution in [0.2, 0.25) is 0 Å². The van der Waals surface area contributed by atoms with E-state index in [1.165, 1.54) is 12.1 Å². The van der Waals surface area contributed by atoms with Crippen LogP contribution in [0.25, 0.3) is 0 Å². The molecular formula is C26H27BrFNO2. The lowest BCUT2D eigenvalue weighted by Crippen LogP contribution is -2.33. The predicted octanol–water partition coefficient (Wildman–Crippen LogP) is 6.85. The van der Waals surface area contributed by atoms with Gasteiger partial charge in [0.1, 0.15) is 5.82 Å². The average molecular weight is 484 g/mol. The summed E-state index contributed by atoms with van der Waals surface area (Å²) in [6.07, 6.45) is 0.133. The Kier molecular flexibility index (Phi) is 8.38. The predicted molar refractivity (Wildman–Crippen MR) is 125 cm³/mol. The molecule has 0 heterocycles. The van der Waals surface area contributed by atoms with Gasteiger partial charge in [0.2, 0.25) is 0 Å². The van der Waals surface area contributed by atoms with Gasteiger partial charge in [0.05, 0.1) is 13.0 Å². The van der Waals surface area contributed by atoms with Crippen molar-refractivity contribution in [3.8, 4) is 0 Å². The summed E-state index contributed by atoms with van der Waals surface area (Å²) in [7, 11) is 0. The maximum absolute atomic E-state index is 14.3. The molecule has 0 aliphatic rings. The van der Waals surface area contributed by atoms with Crippen LogP contribution in [-0.4, -0.2) is 17.5 Å². The maximum Gasteiger partial charge on any atom is 0.307 e. The van der Waals surface area contributed by atoms with Crippen molar-refractivity contribution in [2.24, 2.45) is 0 Å². The lowest BCUT2D eigenvalue weighted by Gasteiger charge is -2.37. The number of carbonyl (C=O) groups excluding carboxylic acids is 1. The van der Waals surface area contributed by atoms with Crippen molar-refractivity contribution in [2.75, 3.05) is 6.61 Å². The first-order valence-electron chi connectivity index (χ1n) is 10.4. The highest BCUT2D eigenvalue weighted by atomic mass is 79.9. The molecule has 0 saturated heterocycles. The Balaban J connectivity index is 2.06. The van der Waals surface area contributed by atoms with Crippen LogP contribution in [-0.2, 0) is 16.1 Å². The molecule has 3 aromatic carbocycles. The van der Waals surface area contributed by atoms with Crippen molar-refractivity contribution < 1.29 is 13.9 Å². The van der Waals surface area contributed by atoms with Crippen LogP contribution >= 0.6 is 15.9 Å². The Morgan fingerprint density at radius 3 is 2.26 bits per heavy atom. The van der Waals surface area contributed by atoms with E-state index >= 15 is 0 Å². The summed E-state index contributed by atoms with van der Waals surface area (Å²) in [5.41, 5.74) is 2.98. The van der Waals surface area contributed by atoms with Crippen molar-refractivity contribution in [1.82, 2.24) is 4.90 Å². The summed E-state index contributed by atoms with van der Waals surface area (Å²) >= 11 is 3.40. The van der Waals surface area contributed by atoms with E-state index in [0.29, 0.717) is 17.6 Å². The topological polar surface area (TPSA) is 29.5 Å². The Hall–Kier alpha value is -2.50. The molecule has 0 N–H and O–H groups in total. The zero-order valence-corrected chi connectivity index (χ0v) is 19.4. The minimum Gasteiger partial charge on any atom is -0.466 e. The zero-order chi connectivity index (χ0) is 22.2. The highest BCUT2D eigenvalue weighted by molar-refractivity contribution is 9.10. The second kappa shape index (κ2) is 11.2. The van der Waals surface area contributed by atoms with Gasteiger partial charge in [-0.05, 0) is 48.7 Å². The second-order valence-electron chi connectivity index (χ2n) is 7.47. The fourth-order valence-electron chi connectivity index (χ4n) is 3.81. The molecule has 0 bridgehead atoms. The van der Waals surface area contributed by atoms with Gasteiger partial charge in [-0.3, -0.25) is 9.69 Å². The lowest BCUT2D eigenvalue weighted by atomic mass is 9.96. The largest absolute Gasteiger partial charge is 0.466 e. The number of benzene rings is 3. The van der Waals surface area contributed by atoms with Crippen LogP contribution in [0.15, 0.2) is 83.3 Å². The first-order valence-corrected chi connectivity index (χ1v) is 11.2. The van der Waals surface area contributed by atoms with Crippen LogP contribution < -0.4 is 0 Å². The van der Waals surface area contributed by atoms with Gasteiger partial charge in [0.25, 0.3) is 0 Å². The molecule has 0 saturated carbocycles. The van der Waals surface area contributed by atoms with E-state index in [2.05, 4.69) is 52.0 Å². The van der Waals surface area contributed by atoms with E-state index in [1.54, 1.807) is 6.92 Å². The molecule has 2 atom stereocenters. The minimum atomic E-state index is -0.360. The van der Waals surface area contributed by atoms with Crippen molar-refractivity contribution in [3.05, 3.63) is 106 Å². The molecule has 162 valence electrons. The summed E-state index contributed by atoms with van der Waals surface area (Å²) in [5.74, 6) is -0.642. The van der Waals surface area contributed by atoms with E-state index in [0.717, 1.165) is 16.7 Å². The molecule has 3 aromatic rings. The number of esters is 1. The summed E-state index contributed by atoms with van der Waals surface area (Å²) < 4.78 is 20.2. The molecule has 0 aliphatic heterocycles. The number of hydrogen-bond donors (Lipinski definition) is 0. The third kappa shape index (κ3) is 6.49. The maximum atomic E-state index is 14.3. The molecule has 0 radical (unpaired) electrons. The number of halogens is 2. The summed E-state index contributed by atoms with van der Waals surface area (Å²) in [6.45, 7) is 4.82. The first-order chi connectivity index (χ1) is 15.0. The molecular weight excluding hydrogens is 457 g/mol. The summed E-state index contributed by atoms with van der Waals surface area (Å²) in [5, 5.41) is 0. The van der Waals surface area contributed by atoms with E-state index < -0.39 is 0 Å². The van der Waals surface area contributed by atoms with Gasteiger partial charge < -0.3 is 4.74 Å². The molecule has 0 spiro atoms. The fourth-order valence-corrected chi connectivity index (χ4v) is 4.29. The standard InChI is InChI=1S/C26H27BrFNO2/c1-3-31-26(30)17-25(22-14-23(27)16-24(28)15-22)29(18-20-10-6-4-7-11-20)19(2)21-12-8-5-9-13-21/h4-16,19,25H,3,17-18H2,1-2H3/t19-,25?/m1/s1. The molecule has 1 unspecified atom stereocenters. The average Bonchev–Trinajstić information content (AvgIpc) is 2.76. The molecule has 5 heteroatoms. The van der Waals surface area contributed by atoms with E-state index in [1.807, 2.05) is 42.5 Å². The van der Waals surface area contributed by atoms with Gasteiger partial charge >= 0.3 is 5.97 Å². The van der Waals surface area contributed by atoms with Crippen molar-refractivity contribution >= 4 is 21.9 Å². The monoisotopic (exact) mass is 483 g/mol. The van der Waals surface area contributed by atoms with Crippen LogP contribution in [0.4, 0.5) is 4.39 Å². The first kappa shape index (κ1) is 23.2. The van der Waals surface area contributed by atoms with Crippen molar-refractivity contribution in [3.63, 3.8) is 0 Å². The molecule has 0 aromatic heterocycles. The van der Waals surface area contributed by atoms with E-state index in [4.69, 9.17) is 4.74 Å². The van der Waals surface area contributed by atoms with E-state index in [9.17, 15) is 9.18 Å². The van der Waals surface area contributed by atoms with Gasteiger partial charge in [-0.2, -0.15) is 0 Å². The third-order valence-electron chi connectivity index (χ3n) is 5.32. The van der Waals surface area contributed by atoms with Gasteiger partial charge in [-0.15, -0.1) is 0 Å². The Labute approximate surface area is 192 Å². The normalized spacial score (nSPS) is 13.1. The zero-order valence-electron chi connectivity index (χ0n) is 17.8. The second-order valence-corrected chi connectivity index (χ2v) is 8.39. The number of nitrogens with zero attached hydrogens (tertiary/aromatic N) is 1. The highest BCUT2D eigenvalue weighted by Crippen LogP contribution is 2.36. The van der Waals surface area contributed by atoms with Crippen LogP contribution in [0.1, 0.15) is 49.0 Å². The molecule has 0 aliphatic carbocycles. The van der Waals surface area contributed by atoms with Crippen LogP contribution in [0, 0.1) is 5.82 Å². The molecule has 3 rings (SSSR count). The molecule has 3 nitrogen and oxygen atoms in total. The van der Waals surface area contributed by atoms with Crippen molar-refractivity contribution in [2.45, 2.75) is 38.9 Å². The Bertz CT molecular complexity index is 961. The number of rotatable bonds is 9. The van der Waals surface area contributed by atoms with Gasteiger partial charge in [-0.1, -0.05) is 76.6 Å². The van der Waals surface area contributed by atoms with Gasteiger partial charge in [0, 0.05) is 23.1 Å². The molecule has 0 amide bonds. The van der Waals surface area contributed by atoms with Gasteiger partial charge in [-0.25, -0.2) is 4.39 Å². The number of hydrogen-bond acceptors (Lipinski definition) is 3. The van der Waals surface area contributed by atoms with Crippen molar-refractivity contribution in [1.29, 1.82) is 0 Å². The third-order valence-corrected chi connectivity index (χ3v) is 5.78. The van der Waals surface area contributed by atoms with E-state index in [-0.39, 0.29) is 30.3 Å². The Morgan fingerprint density at radius 2 is 1.65 bits per heavy atom. The summed E-state index contributed by atoms with van der Waals surface area (Å²) in [4.78, 5) is 14.8. The summed E-state index contributed by atoms with van der Waals surface area (Å²) in [6, 6.07) is 24.7. The number of ether oxygens (including phenoxy) is 1. The number of carbonyl (C=O) groups is 1.